The molecule has 130 valence electrons. The van der Waals surface area contributed by atoms with Crippen LogP contribution in [0.3, 0.4) is 0 Å². The van der Waals surface area contributed by atoms with Gasteiger partial charge >= 0.3 is 0 Å². The molecule has 0 bridgehead atoms. The first-order valence-corrected chi connectivity index (χ1v) is 10.1. The van der Waals surface area contributed by atoms with Gasteiger partial charge in [0.25, 0.3) is 0 Å². The summed E-state index contributed by atoms with van der Waals surface area (Å²) in [6.07, 6.45) is 0.598. The van der Waals surface area contributed by atoms with E-state index in [0.717, 1.165) is 5.56 Å². The van der Waals surface area contributed by atoms with Crippen molar-refractivity contribution in [2.45, 2.75) is 56.8 Å². The first-order chi connectivity index (χ1) is 11.0. The molecule has 2 rings (SSSR count). The third kappa shape index (κ3) is 4.47. The van der Waals surface area contributed by atoms with Gasteiger partial charge in [-0.05, 0) is 40.5 Å². The molecule has 0 unspecified atom stereocenters. The van der Waals surface area contributed by atoms with Crippen LogP contribution in [-0.4, -0.2) is 14.2 Å². The number of rotatable bonds is 5. The van der Waals surface area contributed by atoms with Crippen molar-refractivity contribution in [1.29, 1.82) is 0 Å². The molecule has 0 saturated heterocycles. The quantitative estimate of drug-likeness (QED) is 0.754. The van der Waals surface area contributed by atoms with Gasteiger partial charge in [0.1, 0.15) is 0 Å². The number of benzene rings is 2. The van der Waals surface area contributed by atoms with Crippen LogP contribution in [0, 0.1) is 0 Å². The summed E-state index contributed by atoms with van der Waals surface area (Å²) in [6.45, 7) is 10.6. The monoisotopic (exact) mass is 344 g/mol. The maximum Gasteiger partial charge on any atom is 0.178 e. The zero-order valence-corrected chi connectivity index (χ0v) is 16.2. The molecule has 0 aliphatic heterocycles. The van der Waals surface area contributed by atoms with Crippen LogP contribution in [0.2, 0.25) is 0 Å². The van der Waals surface area contributed by atoms with Gasteiger partial charge in [-0.15, -0.1) is 0 Å². The molecule has 0 spiro atoms. The molecular formula is C21H28O2S. The van der Waals surface area contributed by atoms with Crippen molar-refractivity contribution in [3.8, 4) is 0 Å². The summed E-state index contributed by atoms with van der Waals surface area (Å²) >= 11 is 0. The van der Waals surface area contributed by atoms with Crippen LogP contribution in [0.1, 0.15) is 52.2 Å². The molecule has 0 aromatic heterocycles. The van der Waals surface area contributed by atoms with Crippen LogP contribution in [0.25, 0.3) is 0 Å². The van der Waals surface area contributed by atoms with E-state index in [4.69, 9.17) is 0 Å². The number of hydrogen-bond donors (Lipinski definition) is 0. The Morgan fingerprint density at radius 2 is 1.29 bits per heavy atom. The van der Waals surface area contributed by atoms with Gasteiger partial charge in [0.05, 0.1) is 10.6 Å². The largest absolute Gasteiger partial charge is 0.224 e. The molecule has 0 amide bonds. The molecule has 0 fully saturated rings. The van der Waals surface area contributed by atoms with E-state index in [2.05, 4.69) is 46.8 Å². The topological polar surface area (TPSA) is 34.1 Å². The Labute approximate surface area is 146 Å². The van der Waals surface area contributed by atoms with Gasteiger partial charge in [-0.3, -0.25) is 0 Å². The SMILES string of the molecule is CC(C)(C)c1ccc(S(=O)(=O)CCC(C)(C)c2ccccc2)cc1. The van der Waals surface area contributed by atoms with Gasteiger partial charge in [-0.1, -0.05) is 77.1 Å². The van der Waals surface area contributed by atoms with Crippen molar-refractivity contribution < 1.29 is 8.42 Å². The lowest BCUT2D eigenvalue weighted by atomic mass is 9.82. The Morgan fingerprint density at radius 3 is 1.79 bits per heavy atom. The minimum absolute atomic E-state index is 0.0254. The minimum Gasteiger partial charge on any atom is -0.224 e. The van der Waals surface area contributed by atoms with Crippen LogP contribution < -0.4 is 0 Å². The second-order valence-corrected chi connectivity index (χ2v) is 10.2. The highest BCUT2D eigenvalue weighted by Gasteiger charge is 2.25. The van der Waals surface area contributed by atoms with E-state index in [9.17, 15) is 8.42 Å². The first-order valence-electron chi connectivity index (χ1n) is 8.41. The standard InChI is InChI=1S/C21H28O2S/c1-20(2,3)17-11-13-19(14-12-17)24(22,23)16-15-21(4,5)18-9-7-6-8-10-18/h6-14H,15-16H2,1-5H3. The molecule has 0 radical (unpaired) electrons. The van der Waals surface area contributed by atoms with Gasteiger partial charge in [0.15, 0.2) is 9.84 Å². The zero-order chi connectivity index (χ0) is 18.0. The molecule has 0 aliphatic carbocycles. The molecule has 0 heterocycles. The molecule has 2 nitrogen and oxygen atoms in total. The summed E-state index contributed by atoms with van der Waals surface area (Å²) in [5.74, 6) is 0.157. The van der Waals surface area contributed by atoms with Crippen molar-refractivity contribution in [3.63, 3.8) is 0 Å². The van der Waals surface area contributed by atoms with Gasteiger partial charge in [0, 0.05) is 0 Å². The van der Waals surface area contributed by atoms with Crippen molar-refractivity contribution in [1.82, 2.24) is 0 Å². The summed E-state index contributed by atoms with van der Waals surface area (Å²) in [5.41, 5.74) is 2.17. The summed E-state index contributed by atoms with van der Waals surface area (Å²) in [4.78, 5) is 0.416. The van der Waals surface area contributed by atoms with Crippen molar-refractivity contribution in [3.05, 3.63) is 65.7 Å². The fraction of sp³-hybridized carbons (Fsp3) is 0.429. The summed E-state index contributed by atoms with van der Waals surface area (Å²) in [5, 5.41) is 0. The summed E-state index contributed by atoms with van der Waals surface area (Å²) in [6, 6.07) is 17.4. The fourth-order valence-corrected chi connectivity index (χ4v) is 4.27. The van der Waals surface area contributed by atoms with E-state index in [1.54, 1.807) is 12.1 Å². The first kappa shape index (κ1) is 18.7. The average Bonchev–Trinajstić information content (AvgIpc) is 2.53. The van der Waals surface area contributed by atoms with Crippen molar-refractivity contribution >= 4 is 9.84 Å². The highest BCUT2D eigenvalue weighted by Crippen LogP contribution is 2.29. The van der Waals surface area contributed by atoms with Gasteiger partial charge in [0.2, 0.25) is 0 Å². The van der Waals surface area contributed by atoms with Gasteiger partial charge in [-0.2, -0.15) is 0 Å². The smallest absolute Gasteiger partial charge is 0.178 e. The Bertz CT molecular complexity index is 765. The molecule has 3 heteroatoms. The third-order valence-electron chi connectivity index (χ3n) is 4.63. The highest BCUT2D eigenvalue weighted by atomic mass is 32.2. The summed E-state index contributed by atoms with van der Waals surface area (Å²) < 4.78 is 25.3. The Morgan fingerprint density at radius 1 is 0.750 bits per heavy atom. The highest BCUT2D eigenvalue weighted by molar-refractivity contribution is 7.91. The Hall–Kier alpha value is -1.61. The molecule has 0 saturated carbocycles. The Balaban J connectivity index is 2.14. The third-order valence-corrected chi connectivity index (χ3v) is 6.36. The molecule has 2 aromatic carbocycles. The van der Waals surface area contributed by atoms with Crippen LogP contribution in [0.15, 0.2) is 59.5 Å². The second-order valence-electron chi connectivity index (χ2n) is 8.09. The molecule has 0 N–H and O–H groups in total. The predicted octanol–water partition coefficient (Wildman–Crippen LogP) is 5.13. The second kappa shape index (κ2) is 6.72. The average molecular weight is 345 g/mol. The minimum atomic E-state index is -3.26. The summed E-state index contributed by atoms with van der Waals surface area (Å²) in [7, 11) is -3.26. The zero-order valence-electron chi connectivity index (χ0n) is 15.3. The van der Waals surface area contributed by atoms with Gasteiger partial charge < -0.3 is 0 Å². The number of hydrogen-bond acceptors (Lipinski definition) is 2. The lowest BCUT2D eigenvalue weighted by Gasteiger charge is -2.25. The van der Waals surface area contributed by atoms with E-state index in [0.29, 0.717) is 11.3 Å². The molecular weight excluding hydrogens is 316 g/mol. The van der Waals surface area contributed by atoms with Crippen molar-refractivity contribution in [2.24, 2.45) is 0 Å². The van der Waals surface area contributed by atoms with Crippen LogP contribution in [0.5, 0.6) is 0 Å². The van der Waals surface area contributed by atoms with E-state index in [1.165, 1.54) is 5.56 Å². The van der Waals surface area contributed by atoms with E-state index >= 15 is 0 Å². The maximum atomic E-state index is 12.7. The van der Waals surface area contributed by atoms with Crippen LogP contribution >= 0.6 is 0 Å². The predicted molar refractivity (Wildman–Crippen MR) is 101 cm³/mol. The van der Waals surface area contributed by atoms with E-state index in [1.807, 2.05) is 30.3 Å². The maximum absolute atomic E-state index is 12.7. The lowest BCUT2D eigenvalue weighted by Crippen LogP contribution is -2.22. The molecule has 2 aromatic rings. The molecule has 24 heavy (non-hydrogen) atoms. The van der Waals surface area contributed by atoms with Crippen LogP contribution in [0.4, 0.5) is 0 Å². The Kier molecular flexibility index (Phi) is 5.24. The van der Waals surface area contributed by atoms with E-state index in [-0.39, 0.29) is 16.6 Å². The van der Waals surface area contributed by atoms with Crippen LogP contribution in [-0.2, 0) is 20.7 Å². The lowest BCUT2D eigenvalue weighted by molar-refractivity contribution is 0.499. The molecule has 0 aliphatic rings. The van der Waals surface area contributed by atoms with E-state index < -0.39 is 9.84 Å². The normalized spacial score (nSPS) is 13.0. The van der Waals surface area contributed by atoms with Gasteiger partial charge in [-0.25, -0.2) is 8.42 Å². The van der Waals surface area contributed by atoms with Crippen molar-refractivity contribution in [2.75, 3.05) is 5.75 Å². The molecule has 0 atom stereocenters. The number of sulfone groups is 1. The fourth-order valence-electron chi connectivity index (χ4n) is 2.70.